The fourth-order valence-electron chi connectivity index (χ4n) is 3.82. The predicted octanol–water partition coefficient (Wildman–Crippen LogP) is 6.30. The van der Waals surface area contributed by atoms with E-state index in [-0.39, 0.29) is 11.5 Å². The molecule has 0 radical (unpaired) electrons. The number of methoxy groups -OCH3 is 4. The molecule has 0 fully saturated rings. The molecule has 0 unspecified atom stereocenters. The lowest BCUT2D eigenvalue weighted by Crippen LogP contribution is -1.90. The predicted molar refractivity (Wildman–Crippen MR) is 149 cm³/mol. The van der Waals surface area contributed by atoms with Gasteiger partial charge in [0.05, 0.1) is 28.4 Å². The van der Waals surface area contributed by atoms with Gasteiger partial charge in [-0.2, -0.15) is 0 Å². The summed E-state index contributed by atoms with van der Waals surface area (Å²) in [5.41, 5.74) is 4.04. The van der Waals surface area contributed by atoms with Gasteiger partial charge in [0, 0.05) is 23.6 Å². The average molecular weight is 513 g/mol. The number of ether oxygens (including phenoxy) is 4. The molecule has 0 amide bonds. The molecular weight excluding hydrogens is 484 g/mol. The van der Waals surface area contributed by atoms with E-state index in [1.165, 1.54) is 14.2 Å². The molecule has 194 valence electrons. The summed E-state index contributed by atoms with van der Waals surface area (Å²) in [5.74, 6) is 1.92. The van der Waals surface area contributed by atoms with Crippen LogP contribution in [0.4, 0.5) is 11.4 Å². The minimum Gasteiger partial charge on any atom is -0.504 e. The van der Waals surface area contributed by atoms with E-state index in [2.05, 4.69) is 9.98 Å². The fraction of sp³-hybridized carbons (Fsp3) is 0.133. The second kappa shape index (κ2) is 11.8. The molecular formula is C30H28N2O6. The normalized spacial score (nSPS) is 11.2. The molecule has 2 N–H and O–H groups in total. The molecule has 0 bridgehead atoms. The van der Waals surface area contributed by atoms with Gasteiger partial charge in [-0.1, -0.05) is 24.3 Å². The highest BCUT2D eigenvalue weighted by Crippen LogP contribution is 2.37. The van der Waals surface area contributed by atoms with Crippen molar-refractivity contribution in [2.24, 2.45) is 9.98 Å². The molecule has 4 aromatic carbocycles. The van der Waals surface area contributed by atoms with Crippen LogP contribution in [0.25, 0.3) is 11.1 Å². The number of aromatic hydroxyl groups is 2. The van der Waals surface area contributed by atoms with Gasteiger partial charge >= 0.3 is 0 Å². The summed E-state index contributed by atoms with van der Waals surface area (Å²) in [5, 5.41) is 20.6. The van der Waals surface area contributed by atoms with E-state index in [4.69, 9.17) is 18.9 Å². The van der Waals surface area contributed by atoms with Crippen molar-refractivity contribution in [3.63, 3.8) is 0 Å². The van der Waals surface area contributed by atoms with Crippen LogP contribution in [0.2, 0.25) is 0 Å². The van der Waals surface area contributed by atoms with E-state index < -0.39 is 0 Å². The van der Waals surface area contributed by atoms with Crippen molar-refractivity contribution >= 4 is 23.8 Å². The number of phenols is 2. The van der Waals surface area contributed by atoms with Crippen molar-refractivity contribution in [2.75, 3.05) is 28.4 Å². The Labute approximate surface area is 221 Å². The number of aliphatic imine (C=N–C) groups is 2. The highest BCUT2D eigenvalue weighted by Gasteiger charge is 2.11. The minimum atomic E-state index is 0.0193. The van der Waals surface area contributed by atoms with Gasteiger partial charge in [-0.05, 0) is 59.7 Å². The number of para-hydroxylation sites is 2. The van der Waals surface area contributed by atoms with Crippen LogP contribution >= 0.6 is 0 Å². The molecule has 38 heavy (non-hydrogen) atoms. The molecule has 0 saturated carbocycles. The Morgan fingerprint density at radius 1 is 0.526 bits per heavy atom. The summed E-state index contributed by atoms with van der Waals surface area (Å²) >= 11 is 0. The molecule has 8 heteroatoms. The number of nitrogens with zero attached hydrogens (tertiary/aromatic N) is 2. The van der Waals surface area contributed by atoms with E-state index in [0.29, 0.717) is 45.5 Å². The molecule has 0 spiro atoms. The molecule has 0 aromatic heterocycles. The van der Waals surface area contributed by atoms with Gasteiger partial charge in [-0.15, -0.1) is 0 Å². The number of hydrogen-bond acceptors (Lipinski definition) is 8. The van der Waals surface area contributed by atoms with E-state index in [9.17, 15) is 10.2 Å². The first-order valence-electron chi connectivity index (χ1n) is 11.7. The highest BCUT2D eigenvalue weighted by atomic mass is 16.5. The lowest BCUT2D eigenvalue weighted by molar-refractivity contribution is 0.373. The first-order chi connectivity index (χ1) is 18.5. The molecule has 0 aliphatic carbocycles. The van der Waals surface area contributed by atoms with E-state index in [1.54, 1.807) is 63.0 Å². The van der Waals surface area contributed by atoms with Crippen LogP contribution in [-0.2, 0) is 0 Å². The summed E-state index contributed by atoms with van der Waals surface area (Å²) < 4.78 is 21.5. The third kappa shape index (κ3) is 5.54. The zero-order chi connectivity index (χ0) is 27.1. The van der Waals surface area contributed by atoms with Crippen LogP contribution in [0.3, 0.4) is 0 Å². The Kier molecular flexibility index (Phi) is 8.13. The topological polar surface area (TPSA) is 102 Å². The summed E-state index contributed by atoms with van der Waals surface area (Å²) in [6.45, 7) is 0. The van der Waals surface area contributed by atoms with Crippen molar-refractivity contribution in [3.8, 4) is 45.6 Å². The molecule has 0 atom stereocenters. The third-order valence-electron chi connectivity index (χ3n) is 5.88. The van der Waals surface area contributed by atoms with Gasteiger partial charge in [0.15, 0.2) is 23.0 Å². The number of phenolic OH excluding ortho intramolecular Hbond substituents is 2. The van der Waals surface area contributed by atoms with Crippen LogP contribution in [0, 0.1) is 0 Å². The van der Waals surface area contributed by atoms with Gasteiger partial charge in [-0.25, -0.2) is 0 Å². The van der Waals surface area contributed by atoms with Crippen LogP contribution < -0.4 is 18.9 Å². The number of benzene rings is 4. The van der Waals surface area contributed by atoms with Gasteiger partial charge < -0.3 is 29.2 Å². The maximum atomic E-state index is 10.3. The van der Waals surface area contributed by atoms with E-state index in [0.717, 1.165) is 11.1 Å². The van der Waals surface area contributed by atoms with Crippen LogP contribution in [0.15, 0.2) is 82.8 Å². The van der Waals surface area contributed by atoms with Crippen molar-refractivity contribution in [2.45, 2.75) is 0 Å². The summed E-state index contributed by atoms with van der Waals surface area (Å²) in [6.07, 6.45) is 3.12. The van der Waals surface area contributed by atoms with Gasteiger partial charge in [0.25, 0.3) is 0 Å². The Morgan fingerprint density at radius 3 is 1.29 bits per heavy atom. The Morgan fingerprint density at radius 2 is 0.921 bits per heavy atom. The molecule has 4 aromatic rings. The van der Waals surface area contributed by atoms with Crippen molar-refractivity contribution < 1.29 is 29.2 Å². The monoisotopic (exact) mass is 512 g/mol. The zero-order valence-electron chi connectivity index (χ0n) is 21.5. The second-order valence-corrected chi connectivity index (χ2v) is 8.09. The van der Waals surface area contributed by atoms with Crippen LogP contribution in [0.5, 0.6) is 34.5 Å². The van der Waals surface area contributed by atoms with Gasteiger partial charge in [0.2, 0.25) is 0 Å². The standard InChI is InChI=1S/C30H28N2O6/c1-35-25-9-5-7-21(29(25)33)17-31-23-13-11-19(15-27(23)37-3)20-12-14-24(28(16-20)38-4)32-18-22-8-6-10-26(36-2)30(22)34/h5-18,33-34H,1-4H3. The molecule has 0 aliphatic rings. The first-order valence-corrected chi connectivity index (χ1v) is 11.7. The van der Waals surface area contributed by atoms with Crippen molar-refractivity contribution in [1.82, 2.24) is 0 Å². The Balaban J connectivity index is 1.61. The summed E-state index contributed by atoms with van der Waals surface area (Å²) in [6, 6.07) is 21.7. The molecule has 4 rings (SSSR count). The maximum Gasteiger partial charge on any atom is 0.166 e. The van der Waals surface area contributed by atoms with E-state index in [1.807, 2.05) is 36.4 Å². The maximum absolute atomic E-state index is 10.3. The van der Waals surface area contributed by atoms with Gasteiger partial charge in [0.1, 0.15) is 22.9 Å². The highest BCUT2D eigenvalue weighted by molar-refractivity contribution is 5.88. The zero-order valence-corrected chi connectivity index (χ0v) is 21.5. The third-order valence-corrected chi connectivity index (χ3v) is 5.88. The van der Waals surface area contributed by atoms with Gasteiger partial charge in [-0.3, -0.25) is 9.98 Å². The minimum absolute atomic E-state index is 0.0193. The smallest absolute Gasteiger partial charge is 0.166 e. The van der Waals surface area contributed by atoms with Crippen molar-refractivity contribution in [3.05, 3.63) is 83.9 Å². The van der Waals surface area contributed by atoms with Crippen molar-refractivity contribution in [1.29, 1.82) is 0 Å². The molecule has 0 heterocycles. The molecule has 0 aliphatic heterocycles. The van der Waals surface area contributed by atoms with Crippen LogP contribution in [0.1, 0.15) is 11.1 Å². The fourth-order valence-corrected chi connectivity index (χ4v) is 3.82. The van der Waals surface area contributed by atoms with E-state index >= 15 is 0 Å². The summed E-state index contributed by atoms with van der Waals surface area (Å²) in [7, 11) is 6.15. The quantitative estimate of drug-likeness (QED) is 0.255. The second-order valence-electron chi connectivity index (χ2n) is 8.09. The Bertz CT molecular complexity index is 1380. The molecule has 8 nitrogen and oxygen atoms in total. The summed E-state index contributed by atoms with van der Waals surface area (Å²) in [4.78, 5) is 9.00. The average Bonchev–Trinajstić information content (AvgIpc) is 2.96. The SMILES string of the molecule is COc1cc(-c2ccc(N=Cc3cccc(OC)c3O)c(OC)c2)ccc1N=Cc1cccc(OC)c1O. The Hall–Kier alpha value is -4.98. The molecule has 0 saturated heterocycles. The number of hydrogen-bond donors (Lipinski definition) is 2. The lowest BCUT2D eigenvalue weighted by atomic mass is 10.0. The van der Waals surface area contributed by atoms with Crippen LogP contribution in [-0.4, -0.2) is 51.1 Å². The number of rotatable bonds is 9. The first kappa shape index (κ1) is 26.1. The largest absolute Gasteiger partial charge is 0.504 e. The lowest BCUT2D eigenvalue weighted by Gasteiger charge is -2.11.